The second-order valence-corrected chi connectivity index (χ2v) is 5.34. The van der Waals surface area contributed by atoms with Crippen molar-refractivity contribution in [1.29, 1.82) is 0 Å². The van der Waals surface area contributed by atoms with E-state index >= 15 is 0 Å². The second-order valence-electron chi connectivity index (χ2n) is 5.34. The van der Waals surface area contributed by atoms with Gasteiger partial charge in [-0.1, -0.05) is 0 Å². The van der Waals surface area contributed by atoms with Crippen molar-refractivity contribution < 1.29 is 4.74 Å². The van der Waals surface area contributed by atoms with Crippen molar-refractivity contribution >= 4 is 5.82 Å². The molecule has 19 heavy (non-hydrogen) atoms. The maximum absolute atomic E-state index is 5.91. The molecule has 0 aliphatic carbocycles. The fourth-order valence-electron chi connectivity index (χ4n) is 2.44. The van der Waals surface area contributed by atoms with Gasteiger partial charge in [-0.2, -0.15) is 0 Å². The number of ether oxygens (including phenoxy) is 1. The number of pyridine rings is 1. The Morgan fingerprint density at radius 2 is 2.26 bits per heavy atom. The minimum absolute atomic E-state index is 0.145. The van der Waals surface area contributed by atoms with Gasteiger partial charge in [0.25, 0.3) is 0 Å². The van der Waals surface area contributed by atoms with E-state index in [-0.39, 0.29) is 6.10 Å². The maximum Gasteiger partial charge on any atom is 0.171 e. The van der Waals surface area contributed by atoms with Crippen LogP contribution in [-0.2, 0) is 0 Å². The molecule has 5 heteroatoms. The molecule has 106 valence electrons. The van der Waals surface area contributed by atoms with E-state index in [1.165, 1.54) is 0 Å². The summed E-state index contributed by atoms with van der Waals surface area (Å²) in [6.07, 6.45) is 1.96. The van der Waals surface area contributed by atoms with Crippen molar-refractivity contribution in [2.75, 3.05) is 38.1 Å². The molecule has 0 aromatic carbocycles. The van der Waals surface area contributed by atoms with E-state index in [0.717, 1.165) is 31.2 Å². The Labute approximate surface area is 115 Å². The van der Waals surface area contributed by atoms with E-state index in [1.54, 1.807) is 0 Å². The number of rotatable bonds is 4. The number of piperazine rings is 1. The van der Waals surface area contributed by atoms with Crippen LogP contribution in [0.15, 0.2) is 18.3 Å². The molecule has 1 saturated heterocycles. The van der Waals surface area contributed by atoms with Gasteiger partial charge >= 0.3 is 0 Å². The molecule has 2 rings (SSSR count). The van der Waals surface area contributed by atoms with Crippen molar-refractivity contribution in [3.8, 4) is 5.75 Å². The molecule has 0 spiro atoms. The largest absolute Gasteiger partial charge is 0.487 e. The molecule has 0 radical (unpaired) electrons. The zero-order chi connectivity index (χ0) is 13.8. The van der Waals surface area contributed by atoms with E-state index in [9.17, 15) is 0 Å². The fraction of sp³-hybridized carbons (Fsp3) is 0.643. The first-order valence-corrected chi connectivity index (χ1v) is 6.88. The number of hydrogen-bond donors (Lipinski definition) is 1. The SMILES string of the molecule is CC(C)Oc1cccnc1N1CCN(C)CC1CN. The molecule has 2 heterocycles. The molecular weight excluding hydrogens is 240 g/mol. The van der Waals surface area contributed by atoms with Crippen molar-refractivity contribution in [2.24, 2.45) is 5.73 Å². The number of hydrogen-bond acceptors (Lipinski definition) is 5. The Kier molecular flexibility index (Phi) is 4.61. The molecule has 1 atom stereocenters. The number of aromatic nitrogens is 1. The summed E-state index contributed by atoms with van der Waals surface area (Å²) >= 11 is 0. The number of anilines is 1. The van der Waals surface area contributed by atoms with Gasteiger partial charge in [0.1, 0.15) is 0 Å². The third kappa shape index (κ3) is 3.36. The average Bonchev–Trinajstić information content (AvgIpc) is 2.39. The highest BCUT2D eigenvalue weighted by Crippen LogP contribution is 2.28. The lowest BCUT2D eigenvalue weighted by molar-refractivity contribution is 0.236. The molecule has 1 aromatic heterocycles. The van der Waals surface area contributed by atoms with Gasteiger partial charge in [0.15, 0.2) is 11.6 Å². The first-order chi connectivity index (χ1) is 9.11. The van der Waals surface area contributed by atoms with Crippen LogP contribution in [0.25, 0.3) is 0 Å². The molecule has 0 bridgehead atoms. The summed E-state index contributed by atoms with van der Waals surface area (Å²) in [7, 11) is 2.13. The molecular formula is C14H24N4O. The topological polar surface area (TPSA) is 54.6 Å². The normalized spacial score (nSPS) is 20.9. The van der Waals surface area contributed by atoms with Crippen LogP contribution >= 0.6 is 0 Å². The molecule has 1 aromatic rings. The quantitative estimate of drug-likeness (QED) is 0.877. The van der Waals surface area contributed by atoms with Gasteiger partial charge in [-0.3, -0.25) is 0 Å². The Bertz CT molecular complexity index is 410. The lowest BCUT2D eigenvalue weighted by atomic mass is 10.1. The van der Waals surface area contributed by atoms with Crippen molar-refractivity contribution in [2.45, 2.75) is 26.0 Å². The molecule has 1 aliphatic rings. The smallest absolute Gasteiger partial charge is 0.171 e. The Morgan fingerprint density at radius 1 is 1.47 bits per heavy atom. The van der Waals surface area contributed by atoms with Crippen LogP contribution in [0.3, 0.4) is 0 Å². The van der Waals surface area contributed by atoms with Gasteiger partial charge in [-0.05, 0) is 33.0 Å². The molecule has 5 nitrogen and oxygen atoms in total. The van der Waals surface area contributed by atoms with Crippen LogP contribution in [0.2, 0.25) is 0 Å². The van der Waals surface area contributed by atoms with E-state index in [2.05, 4.69) is 21.8 Å². The Hall–Kier alpha value is -1.33. The fourth-order valence-corrected chi connectivity index (χ4v) is 2.44. The molecule has 1 fully saturated rings. The average molecular weight is 264 g/mol. The number of nitrogens with zero attached hydrogens (tertiary/aromatic N) is 3. The zero-order valence-electron chi connectivity index (χ0n) is 12.0. The molecule has 0 amide bonds. The predicted octanol–water partition coefficient (Wildman–Crippen LogP) is 0.948. The van der Waals surface area contributed by atoms with Crippen LogP contribution in [0.1, 0.15) is 13.8 Å². The minimum atomic E-state index is 0.145. The monoisotopic (exact) mass is 264 g/mol. The summed E-state index contributed by atoms with van der Waals surface area (Å²) in [4.78, 5) is 9.09. The Morgan fingerprint density at radius 3 is 2.95 bits per heavy atom. The number of nitrogens with two attached hydrogens (primary N) is 1. The van der Waals surface area contributed by atoms with E-state index in [0.29, 0.717) is 12.6 Å². The van der Waals surface area contributed by atoms with E-state index in [4.69, 9.17) is 10.5 Å². The summed E-state index contributed by atoms with van der Waals surface area (Å²) in [6, 6.07) is 4.19. The minimum Gasteiger partial charge on any atom is -0.487 e. The molecule has 1 unspecified atom stereocenters. The van der Waals surface area contributed by atoms with Gasteiger partial charge in [-0.25, -0.2) is 4.98 Å². The van der Waals surface area contributed by atoms with Crippen LogP contribution in [0, 0.1) is 0 Å². The lowest BCUT2D eigenvalue weighted by Crippen LogP contribution is -2.55. The van der Waals surface area contributed by atoms with Crippen molar-refractivity contribution in [3.63, 3.8) is 0 Å². The summed E-state index contributed by atoms with van der Waals surface area (Å²) in [5, 5.41) is 0. The summed E-state index contributed by atoms with van der Waals surface area (Å²) in [6.45, 7) is 7.61. The van der Waals surface area contributed by atoms with Gasteiger partial charge < -0.3 is 20.3 Å². The van der Waals surface area contributed by atoms with Crippen LogP contribution < -0.4 is 15.4 Å². The molecule has 0 saturated carbocycles. The third-order valence-corrected chi connectivity index (χ3v) is 3.34. The lowest BCUT2D eigenvalue weighted by Gasteiger charge is -2.40. The van der Waals surface area contributed by atoms with Crippen LogP contribution in [0.4, 0.5) is 5.82 Å². The van der Waals surface area contributed by atoms with Gasteiger partial charge in [0, 0.05) is 32.4 Å². The summed E-state index contributed by atoms with van der Waals surface area (Å²) in [5.74, 6) is 1.76. The van der Waals surface area contributed by atoms with Crippen molar-refractivity contribution in [3.05, 3.63) is 18.3 Å². The molecule has 1 aliphatic heterocycles. The van der Waals surface area contributed by atoms with Gasteiger partial charge in [-0.15, -0.1) is 0 Å². The van der Waals surface area contributed by atoms with E-state index in [1.807, 2.05) is 32.2 Å². The first kappa shape index (κ1) is 14.1. The predicted molar refractivity (Wildman–Crippen MR) is 77.7 cm³/mol. The van der Waals surface area contributed by atoms with Gasteiger partial charge in [0.05, 0.1) is 12.1 Å². The highest BCUT2D eigenvalue weighted by atomic mass is 16.5. The highest BCUT2D eigenvalue weighted by molar-refractivity contribution is 5.53. The maximum atomic E-state index is 5.91. The second kappa shape index (κ2) is 6.21. The first-order valence-electron chi connectivity index (χ1n) is 6.88. The summed E-state index contributed by atoms with van der Waals surface area (Å²) < 4.78 is 5.86. The van der Waals surface area contributed by atoms with Crippen LogP contribution in [-0.4, -0.2) is 55.3 Å². The highest BCUT2D eigenvalue weighted by Gasteiger charge is 2.27. The standard InChI is InChI=1S/C14H24N4O/c1-11(2)19-13-5-4-6-16-14(13)18-8-7-17(3)10-12(18)9-15/h4-6,11-12H,7-10,15H2,1-3H3. The zero-order valence-corrected chi connectivity index (χ0v) is 12.0. The Balaban J connectivity index is 2.24. The van der Waals surface area contributed by atoms with Crippen LogP contribution in [0.5, 0.6) is 5.75 Å². The number of likely N-dealkylation sites (N-methyl/N-ethyl adjacent to an activating group) is 1. The van der Waals surface area contributed by atoms with Gasteiger partial charge in [0.2, 0.25) is 0 Å². The molecule has 2 N–H and O–H groups in total. The third-order valence-electron chi connectivity index (χ3n) is 3.34. The van der Waals surface area contributed by atoms with Crippen molar-refractivity contribution in [1.82, 2.24) is 9.88 Å². The summed E-state index contributed by atoms with van der Waals surface area (Å²) in [5.41, 5.74) is 5.91. The van der Waals surface area contributed by atoms with E-state index < -0.39 is 0 Å².